The number of halogens is 3. The Morgan fingerprint density at radius 3 is 2.62 bits per heavy atom. The number of benzene rings is 1. The molecule has 1 aromatic carbocycles. The highest BCUT2D eigenvalue weighted by Gasteiger charge is 2.34. The highest BCUT2D eigenvalue weighted by molar-refractivity contribution is 7.09. The summed E-state index contributed by atoms with van der Waals surface area (Å²) in [5.41, 5.74) is 1.56. The number of hydrogen-bond acceptors (Lipinski definition) is 4. The van der Waals surface area contributed by atoms with E-state index in [4.69, 9.17) is 5.26 Å². The minimum absolute atomic E-state index is 0.0190. The number of aryl methyl sites for hydroxylation is 1. The van der Waals surface area contributed by atoms with Crippen molar-refractivity contribution < 1.29 is 13.2 Å². The van der Waals surface area contributed by atoms with Crippen molar-refractivity contribution in [2.75, 3.05) is 5.32 Å². The van der Waals surface area contributed by atoms with Gasteiger partial charge in [0.05, 0.1) is 34.4 Å². The SMILES string of the molecule is Cc1ncsc1C(C)Nc1ccc(C#N)cc1C(F)(F)F. The summed E-state index contributed by atoms with van der Waals surface area (Å²) in [7, 11) is 0. The maximum absolute atomic E-state index is 13.1. The Morgan fingerprint density at radius 2 is 2.10 bits per heavy atom. The van der Waals surface area contributed by atoms with Gasteiger partial charge in [-0.2, -0.15) is 18.4 Å². The molecule has 0 aliphatic rings. The van der Waals surface area contributed by atoms with Crippen LogP contribution >= 0.6 is 11.3 Å². The van der Waals surface area contributed by atoms with E-state index < -0.39 is 11.7 Å². The third kappa shape index (κ3) is 3.34. The normalized spacial score (nSPS) is 12.8. The van der Waals surface area contributed by atoms with E-state index in [9.17, 15) is 13.2 Å². The molecule has 2 aromatic rings. The molecule has 0 spiro atoms. The fourth-order valence-corrected chi connectivity index (χ4v) is 2.81. The van der Waals surface area contributed by atoms with Crippen molar-refractivity contribution >= 4 is 17.0 Å². The predicted octanol–water partition coefficient (Wildman–Crippen LogP) is 4.52. The second-order valence-corrected chi connectivity index (χ2v) is 5.42. The van der Waals surface area contributed by atoms with Crippen molar-refractivity contribution in [2.45, 2.75) is 26.1 Å². The van der Waals surface area contributed by atoms with Gasteiger partial charge >= 0.3 is 6.18 Å². The van der Waals surface area contributed by atoms with Crippen LogP contribution in [0.3, 0.4) is 0 Å². The molecule has 7 heteroatoms. The molecule has 0 fully saturated rings. The summed E-state index contributed by atoms with van der Waals surface area (Å²) in [5.74, 6) is 0. The van der Waals surface area contributed by atoms with Crippen LogP contribution in [0, 0.1) is 18.3 Å². The van der Waals surface area contributed by atoms with Gasteiger partial charge in [-0.1, -0.05) is 0 Å². The van der Waals surface area contributed by atoms with Crippen LogP contribution in [0.15, 0.2) is 23.7 Å². The average Bonchev–Trinajstić information content (AvgIpc) is 2.84. The Bertz CT molecular complexity index is 686. The van der Waals surface area contributed by atoms with E-state index in [1.165, 1.54) is 23.5 Å². The van der Waals surface area contributed by atoms with Gasteiger partial charge in [0.2, 0.25) is 0 Å². The van der Waals surface area contributed by atoms with Crippen molar-refractivity contribution in [3.8, 4) is 6.07 Å². The average molecular weight is 311 g/mol. The molecule has 1 aromatic heterocycles. The maximum Gasteiger partial charge on any atom is 0.418 e. The minimum atomic E-state index is -4.52. The van der Waals surface area contributed by atoms with Crippen molar-refractivity contribution in [2.24, 2.45) is 0 Å². The van der Waals surface area contributed by atoms with Gasteiger partial charge < -0.3 is 5.32 Å². The number of thiazole rings is 1. The minimum Gasteiger partial charge on any atom is -0.377 e. The fourth-order valence-electron chi connectivity index (χ4n) is 2.00. The predicted molar refractivity (Wildman–Crippen MR) is 75.0 cm³/mol. The summed E-state index contributed by atoms with van der Waals surface area (Å²) in [6.07, 6.45) is -4.52. The highest BCUT2D eigenvalue weighted by atomic mass is 32.1. The number of alkyl halides is 3. The molecule has 1 unspecified atom stereocenters. The van der Waals surface area contributed by atoms with Crippen LogP contribution in [0.25, 0.3) is 0 Å². The Hall–Kier alpha value is -2.07. The van der Waals surface area contributed by atoms with Crippen molar-refractivity contribution in [3.63, 3.8) is 0 Å². The summed E-state index contributed by atoms with van der Waals surface area (Å²) >= 11 is 1.39. The summed E-state index contributed by atoms with van der Waals surface area (Å²) in [6, 6.07) is 4.93. The Labute approximate surface area is 124 Å². The van der Waals surface area contributed by atoms with Crippen LogP contribution < -0.4 is 5.32 Å². The van der Waals surface area contributed by atoms with Crippen LogP contribution in [0.2, 0.25) is 0 Å². The number of rotatable bonds is 3. The Morgan fingerprint density at radius 1 is 1.38 bits per heavy atom. The summed E-state index contributed by atoms with van der Waals surface area (Å²) in [5, 5.41) is 11.6. The van der Waals surface area contributed by atoms with Crippen LogP contribution in [0.5, 0.6) is 0 Å². The van der Waals surface area contributed by atoms with Gasteiger partial charge in [-0.25, -0.2) is 4.98 Å². The van der Waals surface area contributed by atoms with Crippen molar-refractivity contribution in [1.82, 2.24) is 4.98 Å². The van der Waals surface area contributed by atoms with E-state index in [0.717, 1.165) is 16.6 Å². The topological polar surface area (TPSA) is 48.7 Å². The number of hydrogen-bond donors (Lipinski definition) is 1. The first-order valence-corrected chi connectivity index (χ1v) is 6.98. The summed E-state index contributed by atoms with van der Waals surface area (Å²) < 4.78 is 39.2. The molecule has 1 N–H and O–H groups in total. The van der Waals surface area contributed by atoms with E-state index in [1.54, 1.807) is 18.5 Å². The first-order valence-electron chi connectivity index (χ1n) is 6.10. The lowest BCUT2D eigenvalue weighted by molar-refractivity contribution is -0.137. The summed E-state index contributed by atoms with van der Waals surface area (Å²) in [4.78, 5) is 4.97. The third-order valence-corrected chi connectivity index (χ3v) is 4.12. The fraction of sp³-hybridized carbons (Fsp3) is 0.286. The number of anilines is 1. The van der Waals surface area contributed by atoms with Crippen LogP contribution in [-0.4, -0.2) is 4.98 Å². The number of aromatic nitrogens is 1. The lowest BCUT2D eigenvalue weighted by Gasteiger charge is -2.19. The van der Waals surface area contributed by atoms with E-state index >= 15 is 0 Å². The van der Waals surface area contributed by atoms with Gasteiger partial charge in [-0.3, -0.25) is 0 Å². The molecule has 0 saturated carbocycles. The molecule has 3 nitrogen and oxygen atoms in total. The van der Waals surface area contributed by atoms with Crippen molar-refractivity contribution in [1.29, 1.82) is 5.26 Å². The van der Waals surface area contributed by atoms with Crippen LogP contribution in [0.4, 0.5) is 18.9 Å². The van der Waals surface area contributed by atoms with E-state index in [-0.39, 0.29) is 17.3 Å². The molecule has 1 atom stereocenters. The van der Waals surface area contributed by atoms with Gasteiger partial charge in [-0.05, 0) is 32.0 Å². The molecule has 2 rings (SSSR count). The van der Waals surface area contributed by atoms with Gasteiger partial charge in [0.25, 0.3) is 0 Å². The van der Waals surface area contributed by atoms with Crippen LogP contribution in [0.1, 0.15) is 34.7 Å². The molecule has 0 saturated heterocycles. The van der Waals surface area contributed by atoms with Gasteiger partial charge in [-0.15, -0.1) is 11.3 Å². The molecule has 1 heterocycles. The lowest BCUT2D eigenvalue weighted by atomic mass is 10.1. The first kappa shape index (κ1) is 15.3. The molecule has 0 aliphatic carbocycles. The third-order valence-electron chi connectivity index (χ3n) is 3.00. The molecular weight excluding hydrogens is 299 g/mol. The zero-order chi connectivity index (χ0) is 15.6. The van der Waals surface area contributed by atoms with Crippen molar-refractivity contribution in [3.05, 3.63) is 45.4 Å². The molecule has 21 heavy (non-hydrogen) atoms. The highest BCUT2D eigenvalue weighted by Crippen LogP contribution is 2.37. The zero-order valence-electron chi connectivity index (χ0n) is 11.3. The van der Waals surface area contributed by atoms with Gasteiger partial charge in [0, 0.05) is 10.6 Å². The molecule has 0 aliphatic heterocycles. The second kappa shape index (κ2) is 5.74. The van der Waals surface area contributed by atoms with E-state index in [2.05, 4.69) is 10.3 Å². The van der Waals surface area contributed by atoms with Gasteiger partial charge in [0.15, 0.2) is 0 Å². The first-order chi connectivity index (χ1) is 9.82. The molecule has 0 amide bonds. The quantitative estimate of drug-likeness (QED) is 0.907. The molecule has 110 valence electrons. The maximum atomic E-state index is 13.1. The van der Waals surface area contributed by atoms with E-state index in [1.807, 2.05) is 6.92 Å². The number of nitriles is 1. The van der Waals surface area contributed by atoms with E-state index in [0.29, 0.717) is 0 Å². The largest absolute Gasteiger partial charge is 0.418 e. The summed E-state index contributed by atoms with van der Waals surface area (Å²) in [6.45, 7) is 3.59. The molecule has 0 radical (unpaired) electrons. The molecule has 0 bridgehead atoms. The Balaban J connectivity index is 2.36. The number of nitrogens with zero attached hydrogens (tertiary/aromatic N) is 2. The monoisotopic (exact) mass is 311 g/mol. The Kier molecular flexibility index (Phi) is 4.19. The second-order valence-electron chi connectivity index (χ2n) is 4.54. The van der Waals surface area contributed by atoms with Gasteiger partial charge in [0.1, 0.15) is 0 Å². The zero-order valence-corrected chi connectivity index (χ0v) is 12.1. The standard InChI is InChI=1S/C14H12F3N3S/c1-8-13(21-7-19-8)9(2)20-12-4-3-10(6-18)5-11(12)14(15,16)17/h3-5,7,9,20H,1-2H3. The number of nitrogens with one attached hydrogen (secondary N) is 1. The lowest BCUT2D eigenvalue weighted by Crippen LogP contribution is -2.13. The smallest absolute Gasteiger partial charge is 0.377 e. The van der Waals surface area contributed by atoms with Crippen LogP contribution in [-0.2, 0) is 6.18 Å². The molecular formula is C14H12F3N3S.